The number of carboxylic acids is 1. The first-order valence-electron chi connectivity index (χ1n) is 11.3. The maximum absolute atomic E-state index is 13.0. The van der Waals surface area contributed by atoms with Crippen molar-refractivity contribution >= 4 is 53.2 Å². The van der Waals surface area contributed by atoms with Crippen molar-refractivity contribution in [2.24, 2.45) is 33.7 Å². The molecule has 0 radical (unpaired) electrons. The van der Waals surface area contributed by atoms with Gasteiger partial charge in [-0.05, 0) is 37.7 Å². The van der Waals surface area contributed by atoms with Crippen molar-refractivity contribution in [2.45, 2.75) is 62.7 Å². The van der Waals surface area contributed by atoms with Gasteiger partial charge in [-0.3, -0.25) is 29.0 Å². The lowest BCUT2D eigenvalue weighted by atomic mass is 10.1. The van der Waals surface area contributed by atoms with Crippen molar-refractivity contribution in [1.29, 1.82) is 0 Å². The van der Waals surface area contributed by atoms with Gasteiger partial charge in [-0.2, -0.15) is 11.8 Å². The highest BCUT2D eigenvalue weighted by Crippen LogP contribution is 2.06. The second kappa shape index (κ2) is 17.8. The van der Waals surface area contributed by atoms with Crippen molar-refractivity contribution in [3.05, 3.63) is 0 Å². The lowest BCUT2D eigenvalue weighted by molar-refractivity contribution is -0.142. The topological polar surface area (TPSA) is 301 Å². The molecule has 0 spiro atoms. The number of aliphatic carboxylic acids is 1. The molecule has 5 amide bonds. The summed E-state index contributed by atoms with van der Waals surface area (Å²) in [7, 11) is 0. The summed E-state index contributed by atoms with van der Waals surface area (Å²) in [6, 6.07) is -5.13. The molecule has 0 aromatic heterocycles. The number of carbonyl (C=O) groups excluding carboxylic acids is 5. The summed E-state index contributed by atoms with van der Waals surface area (Å²) < 4.78 is 0. The molecule has 16 nitrogen and oxygen atoms in total. The van der Waals surface area contributed by atoms with Crippen molar-refractivity contribution in [2.75, 3.05) is 18.6 Å². The van der Waals surface area contributed by atoms with Crippen LogP contribution in [0.1, 0.15) is 38.5 Å². The minimum atomic E-state index is -1.35. The fraction of sp³-hybridized carbons (Fsp3) is 0.650. The van der Waals surface area contributed by atoms with Gasteiger partial charge in [-0.1, -0.05) is 0 Å². The van der Waals surface area contributed by atoms with Gasteiger partial charge >= 0.3 is 5.97 Å². The smallest absolute Gasteiger partial charge is 0.326 e. The maximum Gasteiger partial charge on any atom is 0.326 e. The number of carboxylic acid groups (broad SMARTS) is 1. The number of hydrogen-bond acceptors (Lipinski definition) is 9. The van der Waals surface area contributed by atoms with Gasteiger partial charge in [0, 0.05) is 13.0 Å². The zero-order valence-corrected chi connectivity index (χ0v) is 21.4. The zero-order chi connectivity index (χ0) is 28.5. The van der Waals surface area contributed by atoms with Crippen molar-refractivity contribution in [1.82, 2.24) is 16.0 Å². The van der Waals surface area contributed by atoms with Crippen LogP contribution < -0.4 is 44.6 Å². The molecule has 0 bridgehead atoms. The minimum Gasteiger partial charge on any atom is -0.480 e. The highest BCUT2D eigenvalue weighted by Gasteiger charge is 2.30. The SMILES string of the molecule is CSCCC(NC(=O)C(CCCN=C(N)N)NC(=O)C(CCC(N)=O)NC(=O)C(N)CC(N)=O)C(=O)O. The Labute approximate surface area is 218 Å². The molecule has 0 saturated carbocycles. The van der Waals surface area contributed by atoms with E-state index in [-0.39, 0.29) is 44.6 Å². The van der Waals surface area contributed by atoms with Crippen LogP contribution in [0.5, 0.6) is 0 Å². The van der Waals surface area contributed by atoms with E-state index in [1.165, 1.54) is 11.8 Å². The third-order valence-corrected chi connectivity index (χ3v) is 5.52. The summed E-state index contributed by atoms with van der Waals surface area (Å²) in [5.74, 6) is -5.08. The molecular weight excluding hydrogens is 510 g/mol. The van der Waals surface area contributed by atoms with Crippen LogP contribution in [0.3, 0.4) is 0 Å². The third kappa shape index (κ3) is 15.2. The third-order valence-electron chi connectivity index (χ3n) is 4.87. The fourth-order valence-electron chi connectivity index (χ4n) is 2.95. The second-order valence-corrected chi connectivity index (χ2v) is 9.02. The number of nitrogens with two attached hydrogens (primary N) is 5. The summed E-state index contributed by atoms with van der Waals surface area (Å²) in [6.45, 7) is 0.126. The highest BCUT2D eigenvalue weighted by atomic mass is 32.2. The van der Waals surface area contributed by atoms with E-state index in [4.69, 9.17) is 28.7 Å². The molecule has 4 unspecified atom stereocenters. The molecule has 0 aliphatic rings. The number of primary amides is 2. The Kier molecular flexibility index (Phi) is 16.0. The van der Waals surface area contributed by atoms with E-state index >= 15 is 0 Å². The van der Waals surface area contributed by atoms with Crippen LogP contribution in [0, 0.1) is 0 Å². The van der Waals surface area contributed by atoms with Crippen molar-refractivity contribution in [3.8, 4) is 0 Å². The van der Waals surface area contributed by atoms with Crippen LogP contribution in [0.4, 0.5) is 0 Å². The monoisotopic (exact) mass is 547 g/mol. The first kappa shape index (κ1) is 33.4. The number of nitrogens with one attached hydrogen (secondary N) is 3. The van der Waals surface area contributed by atoms with E-state index in [2.05, 4.69) is 20.9 Å². The average molecular weight is 548 g/mol. The van der Waals surface area contributed by atoms with Crippen LogP contribution in [-0.4, -0.2) is 89.3 Å². The van der Waals surface area contributed by atoms with Crippen molar-refractivity contribution in [3.63, 3.8) is 0 Å². The molecule has 0 aromatic rings. The molecule has 0 aliphatic heterocycles. The fourth-order valence-corrected chi connectivity index (χ4v) is 3.43. The number of nitrogens with zero attached hydrogens (tertiary/aromatic N) is 1. The maximum atomic E-state index is 13.0. The van der Waals surface area contributed by atoms with Gasteiger partial charge < -0.3 is 49.7 Å². The summed E-state index contributed by atoms with van der Waals surface area (Å²) in [6.07, 6.45) is 1.17. The molecule has 0 heterocycles. The molecule has 14 N–H and O–H groups in total. The molecule has 210 valence electrons. The first-order chi connectivity index (χ1) is 17.3. The molecule has 0 saturated heterocycles. The molecule has 0 aromatic carbocycles. The minimum absolute atomic E-state index is 0.0148. The lowest BCUT2D eigenvalue weighted by Crippen LogP contribution is -2.57. The van der Waals surface area contributed by atoms with E-state index in [1.54, 1.807) is 6.26 Å². The molecule has 0 aliphatic carbocycles. The Morgan fingerprint density at radius 2 is 1.35 bits per heavy atom. The van der Waals surface area contributed by atoms with E-state index in [0.29, 0.717) is 5.75 Å². The van der Waals surface area contributed by atoms with Crippen LogP contribution in [-0.2, 0) is 28.8 Å². The number of rotatable bonds is 19. The summed E-state index contributed by atoms with van der Waals surface area (Å²) >= 11 is 1.40. The lowest BCUT2D eigenvalue weighted by Gasteiger charge is -2.25. The van der Waals surface area contributed by atoms with Crippen molar-refractivity contribution < 1.29 is 33.9 Å². The number of thioether (sulfide) groups is 1. The summed E-state index contributed by atoms with van der Waals surface area (Å²) in [4.78, 5) is 75.9. The Morgan fingerprint density at radius 3 is 1.84 bits per heavy atom. The van der Waals surface area contributed by atoms with Gasteiger partial charge in [0.2, 0.25) is 29.5 Å². The van der Waals surface area contributed by atoms with E-state index in [9.17, 15) is 33.9 Å². The Morgan fingerprint density at radius 1 is 0.811 bits per heavy atom. The number of guanidine groups is 1. The van der Waals surface area contributed by atoms with Gasteiger partial charge in [0.25, 0.3) is 0 Å². The number of aliphatic imine (C=N–C) groups is 1. The standard InChI is InChI=1S/C20H37N9O7S/c1-37-8-6-13(19(35)36)29-17(33)11(3-2-7-26-20(24)25)28-18(34)12(4-5-14(22)30)27-16(32)10(21)9-15(23)31/h10-13H,2-9,21H2,1H3,(H2,22,30)(H2,23,31)(H,27,32)(H,28,34)(H,29,33)(H,35,36)(H4,24,25,26). The number of carbonyl (C=O) groups is 6. The molecule has 17 heteroatoms. The van der Waals surface area contributed by atoms with Crippen LogP contribution in [0.15, 0.2) is 4.99 Å². The molecule has 37 heavy (non-hydrogen) atoms. The largest absolute Gasteiger partial charge is 0.480 e. The number of hydrogen-bond donors (Lipinski definition) is 9. The molecule has 4 atom stereocenters. The summed E-state index contributed by atoms with van der Waals surface area (Å²) in [5.41, 5.74) is 26.4. The Hall–Kier alpha value is -3.60. The van der Waals surface area contributed by atoms with Gasteiger partial charge in [-0.25, -0.2) is 4.79 Å². The Bertz CT molecular complexity index is 852. The Balaban J connectivity index is 5.68. The van der Waals surface area contributed by atoms with Crippen LogP contribution in [0.2, 0.25) is 0 Å². The second-order valence-electron chi connectivity index (χ2n) is 8.03. The van der Waals surface area contributed by atoms with Gasteiger partial charge in [0.1, 0.15) is 18.1 Å². The van der Waals surface area contributed by atoms with Gasteiger partial charge in [0.15, 0.2) is 5.96 Å². The predicted molar refractivity (Wildman–Crippen MR) is 137 cm³/mol. The predicted octanol–water partition coefficient (Wildman–Crippen LogP) is -4.20. The highest BCUT2D eigenvalue weighted by molar-refractivity contribution is 7.98. The van der Waals surface area contributed by atoms with Crippen LogP contribution >= 0.6 is 11.8 Å². The first-order valence-corrected chi connectivity index (χ1v) is 12.7. The molecule has 0 rings (SSSR count). The van der Waals surface area contributed by atoms with Gasteiger partial charge in [0.05, 0.1) is 12.5 Å². The zero-order valence-electron chi connectivity index (χ0n) is 20.6. The average Bonchev–Trinajstić information content (AvgIpc) is 2.79. The van der Waals surface area contributed by atoms with E-state index in [0.717, 1.165) is 0 Å². The number of amides is 5. The molecular formula is C20H37N9O7S. The normalized spacial score (nSPS) is 13.8. The summed E-state index contributed by atoms with van der Waals surface area (Å²) in [5, 5.41) is 16.6. The van der Waals surface area contributed by atoms with Gasteiger partial charge in [-0.15, -0.1) is 0 Å². The quantitative estimate of drug-likeness (QED) is 0.0424. The molecule has 0 fully saturated rings. The van der Waals surface area contributed by atoms with Crippen LogP contribution in [0.25, 0.3) is 0 Å². The van der Waals surface area contributed by atoms with E-state index in [1.807, 2.05) is 0 Å². The van der Waals surface area contributed by atoms with E-state index < -0.39 is 66.1 Å².